The first-order valence-electron chi connectivity index (χ1n) is 3.69. The summed E-state index contributed by atoms with van der Waals surface area (Å²) in [6.45, 7) is 0.299. The molecule has 1 heterocycles. The average molecular weight is 262 g/mol. The van der Waals surface area contributed by atoms with Gasteiger partial charge in [-0.3, -0.25) is 4.79 Å². The highest BCUT2D eigenvalue weighted by Gasteiger charge is 2.16. The van der Waals surface area contributed by atoms with Crippen molar-refractivity contribution in [2.24, 2.45) is 0 Å². The lowest BCUT2D eigenvalue weighted by Crippen LogP contribution is -2.27. The molecule has 3 nitrogen and oxygen atoms in total. The molecule has 5 heteroatoms. The third-order valence-electron chi connectivity index (χ3n) is 1.75. The smallest absolute Gasteiger partial charge is 0.243 e. The Morgan fingerprint density at radius 3 is 3.00 bits per heavy atom. The lowest BCUT2D eigenvalue weighted by atomic mass is 10.2. The number of anilines is 2. The summed E-state index contributed by atoms with van der Waals surface area (Å²) in [6, 6.07) is 3.50. The Hall–Kier alpha value is -0.740. The van der Waals surface area contributed by atoms with E-state index in [9.17, 15) is 4.79 Å². The van der Waals surface area contributed by atoms with E-state index in [0.717, 1.165) is 15.8 Å². The maximum atomic E-state index is 11.0. The summed E-state index contributed by atoms with van der Waals surface area (Å²) in [5.41, 5.74) is 1.60. The van der Waals surface area contributed by atoms with Crippen LogP contribution in [0.4, 0.5) is 11.4 Å². The molecule has 1 amide bonds. The number of amides is 1. The molecular weight excluding hydrogens is 255 g/mol. The fourth-order valence-electron chi connectivity index (χ4n) is 1.21. The van der Waals surface area contributed by atoms with Crippen LogP contribution in [0.25, 0.3) is 0 Å². The number of hydrogen-bond acceptors (Lipinski definition) is 2. The van der Waals surface area contributed by atoms with Crippen molar-refractivity contribution in [3.05, 3.63) is 21.6 Å². The van der Waals surface area contributed by atoms with E-state index < -0.39 is 0 Å². The monoisotopic (exact) mass is 260 g/mol. The summed E-state index contributed by atoms with van der Waals surface area (Å²) in [5, 5.41) is 6.31. The highest BCUT2D eigenvalue weighted by molar-refractivity contribution is 9.10. The molecule has 1 aliphatic heterocycles. The maximum absolute atomic E-state index is 11.0. The molecule has 0 unspecified atom stereocenters. The van der Waals surface area contributed by atoms with E-state index >= 15 is 0 Å². The molecule has 1 aromatic carbocycles. The minimum absolute atomic E-state index is 0.0540. The Balaban J connectivity index is 2.53. The Labute approximate surface area is 88.6 Å². The maximum Gasteiger partial charge on any atom is 0.243 e. The molecule has 0 spiro atoms. The molecule has 1 aliphatic rings. The third kappa shape index (κ3) is 1.64. The van der Waals surface area contributed by atoms with Gasteiger partial charge in [-0.25, -0.2) is 0 Å². The quantitative estimate of drug-likeness (QED) is 0.753. The number of fused-ring (bicyclic) bond motifs is 1. The van der Waals surface area contributed by atoms with E-state index in [4.69, 9.17) is 11.6 Å². The van der Waals surface area contributed by atoms with E-state index in [1.165, 1.54) is 0 Å². The van der Waals surface area contributed by atoms with Gasteiger partial charge in [0.2, 0.25) is 5.91 Å². The third-order valence-corrected chi connectivity index (χ3v) is 2.60. The van der Waals surface area contributed by atoms with Crippen LogP contribution in [-0.4, -0.2) is 12.5 Å². The summed E-state index contributed by atoms with van der Waals surface area (Å²) in [6.07, 6.45) is 0. The molecule has 0 atom stereocenters. The first-order valence-corrected chi connectivity index (χ1v) is 4.86. The van der Waals surface area contributed by atoms with Gasteiger partial charge in [-0.2, -0.15) is 0 Å². The van der Waals surface area contributed by atoms with Gasteiger partial charge < -0.3 is 10.6 Å². The van der Waals surface area contributed by atoms with Crippen LogP contribution in [0.5, 0.6) is 0 Å². The zero-order valence-electron chi connectivity index (χ0n) is 6.53. The van der Waals surface area contributed by atoms with Gasteiger partial charge in [-0.15, -0.1) is 0 Å². The Morgan fingerprint density at radius 1 is 1.46 bits per heavy atom. The molecule has 68 valence electrons. The number of carbonyl (C=O) groups is 1. The van der Waals surface area contributed by atoms with Crippen molar-refractivity contribution in [1.29, 1.82) is 0 Å². The zero-order valence-corrected chi connectivity index (χ0v) is 8.87. The van der Waals surface area contributed by atoms with Crippen molar-refractivity contribution in [3.63, 3.8) is 0 Å². The second-order valence-electron chi connectivity index (χ2n) is 2.71. The zero-order chi connectivity index (χ0) is 9.42. The van der Waals surface area contributed by atoms with Crippen LogP contribution in [0.2, 0.25) is 5.02 Å². The molecule has 0 bridgehead atoms. The van der Waals surface area contributed by atoms with Crippen molar-refractivity contribution in [2.75, 3.05) is 17.2 Å². The minimum Gasteiger partial charge on any atom is -0.374 e. The summed E-state index contributed by atoms with van der Waals surface area (Å²) >= 11 is 9.18. The van der Waals surface area contributed by atoms with Crippen molar-refractivity contribution in [2.45, 2.75) is 0 Å². The van der Waals surface area contributed by atoms with Gasteiger partial charge in [-0.05, 0) is 28.1 Å². The number of nitrogens with one attached hydrogen (secondary N) is 2. The van der Waals surface area contributed by atoms with E-state index in [1.54, 1.807) is 12.1 Å². The van der Waals surface area contributed by atoms with E-state index in [0.29, 0.717) is 11.6 Å². The minimum atomic E-state index is -0.0540. The van der Waals surface area contributed by atoms with Crippen molar-refractivity contribution >= 4 is 44.8 Å². The second kappa shape index (κ2) is 3.20. The normalized spacial score (nSPS) is 14.5. The van der Waals surface area contributed by atoms with Crippen LogP contribution >= 0.6 is 27.5 Å². The topological polar surface area (TPSA) is 41.1 Å². The van der Waals surface area contributed by atoms with Gasteiger partial charge in [0.15, 0.2) is 0 Å². The van der Waals surface area contributed by atoms with Gasteiger partial charge in [0.05, 0.1) is 17.9 Å². The molecule has 2 N–H and O–H groups in total. The Bertz CT molecular complexity index is 381. The van der Waals surface area contributed by atoms with Crippen LogP contribution in [-0.2, 0) is 4.79 Å². The summed E-state index contributed by atoms with van der Waals surface area (Å²) in [4.78, 5) is 11.0. The Kier molecular flexibility index (Phi) is 2.17. The molecule has 0 saturated heterocycles. The molecule has 0 saturated carbocycles. The van der Waals surface area contributed by atoms with Crippen LogP contribution in [0.1, 0.15) is 0 Å². The molecule has 13 heavy (non-hydrogen) atoms. The molecule has 0 radical (unpaired) electrons. The number of rotatable bonds is 0. The van der Waals surface area contributed by atoms with Gasteiger partial charge >= 0.3 is 0 Å². The van der Waals surface area contributed by atoms with Gasteiger partial charge in [0, 0.05) is 9.50 Å². The fourth-order valence-corrected chi connectivity index (χ4v) is 2.17. The largest absolute Gasteiger partial charge is 0.374 e. The lowest BCUT2D eigenvalue weighted by molar-refractivity contribution is -0.114. The van der Waals surface area contributed by atoms with Crippen LogP contribution in [0.15, 0.2) is 16.6 Å². The standard InChI is InChI=1S/C8H6BrClN2O/c9-5-1-4(10)2-6-8(5)11-3-7(13)12-6/h1-2,11H,3H2,(H,12,13). The number of carbonyl (C=O) groups excluding carboxylic acids is 1. The number of halogens is 2. The number of benzene rings is 1. The predicted octanol–water partition coefficient (Wildman–Crippen LogP) is 2.47. The van der Waals surface area contributed by atoms with Crippen molar-refractivity contribution in [3.8, 4) is 0 Å². The van der Waals surface area contributed by atoms with E-state index in [-0.39, 0.29) is 5.91 Å². The summed E-state index contributed by atoms with van der Waals surface area (Å²) in [7, 11) is 0. The van der Waals surface area contributed by atoms with E-state index in [2.05, 4.69) is 26.6 Å². The summed E-state index contributed by atoms with van der Waals surface area (Å²) < 4.78 is 0.856. The first kappa shape index (κ1) is 8.84. The molecule has 0 aromatic heterocycles. The fraction of sp³-hybridized carbons (Fsp3) is 0.125. The second-order valence-corrected chi connectivity index (χ2v) is 4.00. The van der Waals surface area contributed by atoms with E-state index in [1.807, 2.05) is 0 Å². The lowest BCUT2D eigenvalue weighted by Gasteiger charge is -2.19. The molecular formula is C8H6BrClN2O. The highest BCUT2D eigenvalue weighted by atomic mass is 79.9. The SMILES string of the molecule is O=C1CNc2c(Br)cc(Cl)cc2N1. The van der Waals surface area contributed by atoms with Crippen LogP contribution in [0, 0.1) is 0 Å². The molecule has 2 rings (SSSR count). The van der Waals surface area contributed by atoms with Gasteiger partial charge in [-0.1, -0.05) is 11.6 Å². The van der Waals surface area contributed by atoms with Crippen molar-refractivity contribution < 1.29 is 4.79 Å². The van der Waals surface area contributed by atoms with Crippen LogP contribution in [0.3, 0.4) is 0 Å². The van der Waals surface area contributed by atoms with Gasteiger partial charge in [0.25, 0.3) is 0 Å². The molecule has 0 aliphatic carbocycles. The predicted molar refractivity (Wildman–Crippen MR) is 56.3 cm³/mol. The molecule has 0 fully saturated rings. The van der Waals surface area contributed by atoms with Crippen molar-refractivity contribution in [1.82, 2.24) is 0 Å². The van der Waals surface area contributed by atoms with Gasteiger partial charge in [0.1, 0.15) is 0 Å². The Morgan fingerprint density at radius 2 is 2.23 bits per heavy atom. The molecule has 1 aromatic rings. The summed E-state index contributed by atoms with van der Waals surface area (Å²) in [5.74, 6) is -0.0540. The number of hydrogen-bond donors (Lipinski definition) is 2. The van der Waals surface area contributed by atoms with Crippen LogP contribution < -0.4 is 10.6 Å². The highest BCUT2D eigenvalue weighted by Crippen LogP contribution is 2.35. The average Bonchev–Trinajstić information content (AvgIpc) is 2.02. The first-order chi connectivity index (χ1) is 6.16.